The molecule has 2 heteroatoms. The fourth-order valence-electron chi connectivity index (χ4n) is 2.14. The molecule has 0 aliphatic heterocycles. The van der Waals surface area contributed by atoms with E-state index in [9.17, 15) is 5.11 Å². The molecule has 0 aromatic rings. The van der Waals surface area contributed by atoms with Crippen molar-refractivity contribution >= 4 is 11.8 Å². The average Bonchev–Trinajstić information content (AvgIpc) is 2.13. The molecule has 1 N–H and O–H groups in total. The second kappa shape index (κ2) is 6.72. The van der Waals surface area contributed by atoms with E-state index in [0.29, 0.717) is 0 Å². The van der Waals surface area contributed by atoms with Gasteiger partial charge in [-0.05, 0) is 43.1 Å². The first-order valence-electron chi connectivity index (χ1n) is 5.58. The maximum Gasteiger partial charge on any atom is 0.0542 e. The lowest BCUT2D eigenvalue weighted by Crippen LogP contribution is -2.19. The SMILES string of the molecule is CCSCCCC1CCCC(O)C1. The maximum absolute atomic E-state index is 9.48. The van der Waals surface area contributed by atoms with Gasteiger partial charge in [0.2, 0.25) is 0 Å². The molecule has 2 unspecified atom stereocenters. The van der Waals surface area contributed by atoms with Crippen LogP contribution >= 0.6 is 11.8 Å². The molecule has 1 fully saturated rings. The Morgan fingerprint density at radius 2 is 2.23 bits per heavy atom. The number of hydrogen-bond acceptors (Lipinski definition) is 2. The second-order valence-electron chi connectivity index (χ2n) is 4.03. The first-order valence-corrected chi connectivity index (χ1v) is 6.74. The van der Waals surface area contributed by atoms with Crippen LogP contribution in [0.1, 0.15) is 45.4 Å². The quantitative estimate of drug-likeness (QED) is 0.691. The normalized spacial score (nSPS) is 29.1. The maximum atomic E-state index is 9.48. The highest BCUT2D eigenvalue weighted by atomic mass is 32.2. The molecule has 0 amide bonds. The lowest BCUT2D eigenvalue weighted by Gasteiger charge is -2.25. The van der Waals surface area contributed by atoms with Crippen LogP contribution in [0.15, 0.2) is 0 Å². The Balaban J connectivity index is 2.00. The zero-order valence-corrected chi connectivity index (χ0v) is 9.48. The second-order valence-corrected chi connectivity index (χ2v) is 5.42. The molecule has 1 aliphatic carbocycles. The van der Waals surface area contributed by atoms with Crippen LogP contribution < -0.4 is 0 Å². The van der Waals surface area contributed by atoms with Gasteiger partial charge in [-0.1, -0.05) is 19.8 Å². The van der Waals surface area contributed by atoms with Crippen molar-refractivity contribution in [3.63, 3.8) is 0 Å². The van der Waals surface area contributed by atoms with Crippen LogP contribution in [-0.4, -0.2) is 22.7 Å². The first-order chi connectivity index (χ1) is 6.33. The van der Waals surface area contributed by atoms with Crippen molar-refractivity contribution in [3.8, 4) is 0 Å². The lowest BCUT2D eigenvalue weighted by molar-refractivity contribution is 0.0982. The fourth-order valence-corrected chi connectivity index (χ4v) is 2.80. The summed E-state index contributed by atoms with van der Waals surface area (Å²) in [6.07, 6.45) is 7.40. The van der Waals surface area contributed by atoms with Gasteiger partial charge < -0.3 is 5.11 Å². The van der Waals surface area contributed by atoms with Crippen LogP contribution in [0.25, 0.3) is 0 Å². The number of thioether (sulfide) groups is 1. The summed E-state index contributed by atoms with van der Waals surface area (Å²) in [5.41, 5.74) is 0. The summed E-state index contributed by atoms with van der Waals surface area (Å²) in [7, 11) is 0. The molecule has 0 radical (unpaired) electrons. The highest BCUT2D eigenvalue weighted by Gasteiger charge is 2.19. The molecule has 0 bridgehead atoms. The molecule has 1 rings (SSSR count). The molecule has 0 heterocycles. The Kier molecular flexibility index (Phi) is 5.88. The largest absolute Gasteiger partial charge is 0.393 e. The number of hydrogen-bond donors (Lipinski definition) is 1. The van der Waals surface area contributed by atoms with E-state index in [1.165, 1.54) is 37.2 Å². The summed E-state index contributed by atoms with van der Waals surface area (Å²) in [6, 6.07) is 0. The van der Waals surface area contributed by atoms with Gasteiger partial charge in [0.05, 0.1) is 6.10 Å². The molecule has 0 aromatic carbocycles. The molecule has 0 aromatic heterocycles. The third kappa shape index (κ3) is 4.92. The third-order valence-electron chi connectivity index (χ3n) is 2.86. The van der Waals surface area contributed by atoms with E-state index in [-0.39, 0.29) is 6.10 Å². The van der Waals surface area contributed by atoms with Gasteiger partial charge in [-0.3, -0.25) is 0 Å². The van der Waals surface area contributed by atoms with Crippen molar-refractivity contribution in [2.45, 2.75) is 51.6 Å². The van der Waals surface area contributed by atoms with E-state index in [2.05, 4.69) is 6.92 Å². The van der Waals surface area contributed by atoms with Crippen molar-refractivity contribution in [3.05, 3.63) is 0 Å². The summed E-state index contributed by atoms with van der Waals surface area (Å²) in [5.74, 6) is 3.37. The first kappa shape index (κ1) is 11.4. The Morgan fingerprint density at radius 1 is 1.38 bits per heavy atom. The van der Waals surface area contributed by atoms with Crippen LogP contribution in [0.3, 0.4) is 0 Å². The van der Waals surface area contributed by atoms with E-state index in [1.54, 1.807) is 0 Å². The summed E-state index contributed by atoms with van der Waals surface area (Å²) >= 11 is 2.03. The topological polar surface area (TPSA) is 20.2 Å². The molecule has 13 heavy (non-hydrogen) atoms. The molecule has 78 valence electrons. The number of aliphatic hydroxyl groups is 1. The van der Waals surface area contributed by atoms with Gasteiger partial charge >= 0.3 is 0 Å². The summed E-state index contributed by atoms with van der Waals surface area (Å²) < 4.78 is 0. The predicted molar refractivity (Wildman–Crippen MR) is 60.2 cm³/mol. The van der Waals surface area contributed by atoms with Crippen LogP contribution in [0.4, 0.5) is 0 Å². The van der Waals surface area contributed by atoms with Crippen molar-refractivity contribution in [2.24, 2.45) is 5.92 Å². The fraction of sp³-hybridized carbons (Fsp3) is 1.00. The van der Waals surface area contributed by atoms with Gasteiger partial charge in [0.15, 0.2) is 0 Å². The predicted octanol–water partition coefficient (Wildman–Crippen LogP) is 3.07. The van der Waals surface area contributed by atoms with Gasteiger partial charge in [-0.2, -0.15) is 11.8 Å². The van der Waals surface area contributed by atoms with E-state index < -0.39 is 0 Å². The van der Waals surface area contributed by atoms with E-state index in [0.717, 1.165) is 18.8 Å². The lowest BCUT2D eigenvalue weighted by atomic mass is 9.85. The highest BCUT2D eigenvalue weighted by Crippen LogP contribution is 2.28. The summed E-state index contributed by atoms with van der Waals surface area (Å²) in [5, 5.41) is 9.48. The van der Waals surface area contributed by atoms with Crippen molar-refractivity contribution in [1.29, 1.82) is 0 Å². The van der Waals surface area contributed by atoms with Crippen LogP contribution in [-0.2, 0) is 0 Å². The zero-order valence-electron chi connectivity index (χ0n) is 8.67. The Morgan fingerprint density at radius 3 is 2.92 bits per heavy atom. The van der Waals surface area contributed by atoms with E-state index in [4.69, 9.17) is 0 Å². The van der Waals surface area contributed by atoms with Crippen molar-refractivity contribution in [2.75, 3.05) is 11.5 Å². The average molecular weight is 202 g/mol. The van der Waals surface area contributed by atoms with Crippen LogP contribution in [0.2, 0.25) is 0 Å². The third-order valence-corrected chi connectivity index (χ3v) is 3.85. The molecule has 0 saturated heterocycles. The van der Waals surface area contributed by atoms with E-state index >= 15 is 0 Å². The monoisotopic (exact) mass is 202 g/mol. The Hall–Kier alpha value is 0.310. The van der Waals surface area contributed by atoms with Gasteiger partial charge in [0.25, 0.3) is 0 Å². The van der Waals surface area contributed by atoms with Crippen LogP contribution in [0, 0.1) is 5.92 Å². The zero-order chi connectivity index (χ0) is 9.52. The Bertz CT molecular complexity index is 127. The molecule has 0 spiro atoms. The molecular formula is C11H22OS. The number of rotatable bonds is 5. The van der Waals surface area contributed by atoms with Gasteiger partial charge in [-0.15, -0.1) is 0 Å². The summed E-state index contributed by atoms with van der Waals surface area (Å²) in [4.78, 5) is 0. The molecule has 1 saturated carbocycles. The van der Waals surface area contributed by atoms with Gasteiger partial charge in [0.1, 0.15) is 0 Å². The summed E-state index contributed by atoms with van der Waals surface area (Å²) in [6.45, 7) is 2.22. The molecular weight excluding hydrogens is 180 g/mol. The minimum Gasteiger partial charge on any atom is -0.393 e. The molecule has 1 nitrogen and oxygen atoms in total. The van der Waals surface area contributed by atoms with Gasteiger partial charge in [-0.25, -0.2) is 0 Å². The van der Waals surface area contributed by atoms with Gasteiger partial charge in [0, 0.05) is 0 Å². The number of aliphatic hydroxyl groups excluding tert-OH is 1. The Labute approximate surface area is 86.3 Å². The molecule has 1 aliphatic rings. The van der Waals surface area contributed by atoms with Crippen molar-refractivity contribution < 1.29 is 5.11 Å². The minimum absolute atomic E-state index is 0.0116. The van der Waals surface area contributed by atoms with Crippen molar-refractivity contribution in [1.82, 2.24) is 0 Å². The minimum atomic E-state index is 0.0116. The smallest absolute Gasteiger partial charge is 0.0542 e. The van der Waals surface area contributed by atoms with Crippen LogP contribution in [0.5, 0.6) is 0 Å². The standard InChI is InChI=1S/C11H22OS/c1-2-13-8-4-6-10-5-3-7-11(12)9-10/h10-12H,2-9H2,1H3. The van der Waals surface area contributed by atoms with E-state index in [1.807, 2.05) is 11.8 Å². The molecule has 2 atom stereocenters. The highest BCUT2D eigenvalue weighted by molar-refractivity contribution is 7.99.